The number of hydrogen-bond acceptors (Lipinski definition) is 4. The van der Waals surface area contributed by atoms with Crippen molar-refractivity contribution in [1.29, 1.82) is 0 Å². The third-order valence-corrected chi connectivity index (χ3v) is 6.50. The van der Waals surface area contributed by atoms with Crippen LogP contribution in [0.2, 0.25) is 0 Å². The Balaban J connectivity index is 1.65. The predicted octanol–water partition coefficient (Wildman–Crippen LogP) is 3.49. The van der Waals surface area contributed by atoms with Gasteiger partial charge < -0.3 is 9.64 Å². The van der Waals surface area contributed by atoms with Crippen LogP contribution >= 0.6 is 0 Å². The molecule has 0 unspecified atom stereocenters. The van der Waals surface area contributed by atoms with Crippen LogP contribution in [-0.2, 0) is 14.4 Å². The lowest BCUT2D eigenvalue weighted by molar-refractivity contribution is -0.143. The van der Waals surface area contributed by atoms with Crippen molar-refractivity contribution in [3.63, 3.8) is 0 Å². The molecule has 2 aromatic rings. The van der Waals surface area contributed by atoms with Crippen LogP contribution in [0.25, 0.3) is 0 Å². The Morgan fingerprint density at radius 2 is 1.50 bits per heavy atom. The normalized spacial score (nSPS) is 26.8. The van der Waals surface area contributed by atoms with E-state index in [0.717, 1.165) is 11.1 Å². The highest BCUT2D eigenvalue weighted by Gasteiger charge is 2.68. The first-order chi connectivity index (χ1) is 14.3. The number of amides is 3. The summed E-state index contributed by atoms with van der Waals surface area (Å²) in [7, 11) is 1.59. The molecular formula is C24H24N2O4. The topological polar surface area (TPSA) is 66.9 Å². The van der Waals surface area contributed by atoms with Crippen LogP contribution in [-0.4, -0.2) is 29.7 Å². The van der Waals surface area contributed by atoms with Gasteiger partial charge in [0.2, 0.25) is 17.7 Å². The second-order valence-corrected chi connectivity index (χ2v) is 9.25. The minimum absolute atomic E-state index is 0.0473. The highest BCUT2D eigenvalue weighted by Crippen LogP contribution is 2.63. The van der Waals surface area contributed by atoms with E-state index >= 15 is 0 Å². The highest BCUT2D eigenvalue weighted by atomic mass is 16.5. The molecule has 3 amide bonds. The molecule has 0 N–H and O–H groups in total. The number of para-hydroxylation sites is 1. The number of hydrogen-bond donors (Lipinski definition) is 0. The number of carbonyl (C=O) groups excluding carboxylic acids is 3. The molecule has 3 aliphatic heterocycles. The van der Waals surface area contributed by atoms with Gasteiger partial charge in [-0.3, -0.25) is 14.4 Å². The van der Waals surface area contributed by atoms with Gasteiger partial charge in [0.1, 0.15) is 5.75 Å². The van der Waals surface area contributed by atoms with E-state index in [-0.39, 0.29) is 17.7 Å². The molecule has 5 rings (SSSR count). The lowest BCUT2D eigenvalue weighted by atomic mass is 9.77. The molecule has 3 heterocycles. The molecule has 0 spiro atoms. The fraction of sp³-hybridized carbons (Fsp3) is 0.375. The van der Waals surface area contributed by atoms with Crippen LogP contribution in [0.4, 0.5) is 5.69 Å². The summed E-state index contributed by atoms with van der Waals surface area (Å²) in [5.74, 6) is -0.962. The van der Waals surface area contributed by atoms with E-state index in [4.69, 9.17) is 4.74 Å². The SMILES string of the molecule is COc1ccc2c(c1)[C@H]1[C@@H]3C(=O)N(c4ccccc4)C(=O)[C@@H]3[C@H]2N1C(=O)C(C)(C)C. The Morgan fingerprint density at radius 1 is 0.900 bits per heavy atom. The standard InChI is InChI=1S/C24H24N2O4/c1-24(2,3)23(29)26-19-15-11-10-14(30-4)12-16(15)20(26)18-17(19)21(27)25(22(18)28)13-8-6-5-7-9-13/h5-12,17-20H,1-4H3/t17-,18+,19-,20-/m0/s1. The molecule has 0 aliphatic carbocycles. The van der Waals surface area contributed by atoms with Crippen molar-refractivity contribution in [3.05, 3.63) is 59.7 Å². The Hall–Kier alpha value is -3.15. The van der Waals surface area contributed by atoms with Gasteiger partial charge >= 0.3 is 0 Å². The predicted molar refractivity (Wildman–Crippen MR) is 111 cm³/mol. The molecule has 0 aromatic heterocycles. The quantitative estimate of drug-likeness (QED) is 0.719. The maximum Gasteiger partial charge on any atom is 0.240 e. The summed E-state index contributed by atoms with van der Waals surface area (Å²) in [6.07, 6.45) is 0. The van der Waals surface area contributed by atoms with Gasteiger partial charge in [0, 0.05) is 5.41 Å². The molecule has 4 atom stereocenters. The summed E-state index contributed by atoms with van der Waals surface area (Å²) >= 11 is 0. The summed E-state index contributed by atoms with van der Waals surface area (Å²) in [6.45, 7) is 5.61. The van der Waals surface area contributed by atoms with Gasteiger partial charge in [0.15, 0.2) is 0 Å². The number of ether oxygens (including phenoxy) is 1. The van der Waals surface area contributed by atoms with E-state index in [9.17, 15) is 14.4 Å². The molecule has 0 saturated carbocycles. The number of rotatable bonds is 2. The van der Waals surface area contributed by atoms with Crippen LogP contribution in [0, 0.1) is 17.3 Å². The average molecular weight is 404 g/mol. The molecule has 2 fully saturated rings. The first-order valence-electron chi connectivity index (χ1n) is 10.2. The number of carbonyl (C=O) groups is 3. The zero-order chi connectivity index (χ0) is 21.4. The third-order valence-electron chi connectivity index (χ3n) is 6.50. The van der Waals surface area contributed by atoms with Crippen LogP contribution in [0.5, 0.6) is 5.75 Å². The maximum atomic E-state index is 13.5. The van der Waals surface area contributed by atoms with Crippen LogP contribution in [0.3, 0.4) is 0 Å². The number of benzene rings is 2. The maximum absolute atomic E-state index is 13.5. The fourth-order valence-electron chi connectivity index (χ4n) is 5.26. The largest absolute Gasteiger partial charge is 0.497 e. The smallest absolute Gasteiger partial charge is 0.240 e. The van der Waals surface area contributed by atoms with E-state index < -0.39 is 29.3 Å². The second kappa shape index (κ2) is 6.17. The van der Waals surface area contributed by atoms with Gasteiger partial charge in [-0.15, -0.1) is 0 Å². The van der Waals surface area contributed by atoms with E-state index in [1.54, 1.807) is 24.1 Å². The Morgan fingerprint density at radius 3 is 2.07 bits per heavy atom. The number of fused-ring (bicyclic) bond motifs is 8. The van der Waals surface area contributed by atoms with Gasteiger partial charge in [0.25, 0.3) is 0 Å². The average Bonchev–Trinajstić information content (AvgIpc) is 3.32. The van der Waals surface area contributed by atoms with E-state index in [1.807, 2.05) is 57.2 Å². The molecule has 3 aliphatic rings. The van der Waals surface area contributed by atoms with Crippen LogP contribution < -0.4 is 9.64 Å². The molecule has 6 nitrogen and oxygen atoms in total. The first kappa shape index (κ1) is 18.9. The van der Waals surface area contributed by atoms with Crippen molar-refractivity contribution >= 4 is 23.4 Å². The number of methoxy groups -OCH3 is 1. The molecule has 2 bridgehead atoms. The van der Waals surface area contributed by atoms with E-state index in [1.165, 1.54) is 4.90 Å². The Kier molecular flexibility index (Phi) is 3.88. The van der Waals surface area contributed by atoms with Crippen LogP contribution in [0.15, 0.2) is 48.5 Å². The van der Waals surface area contributed by atoms with Gasteiger partial charge in [-0.1, -0.05) is 45.0 Å². The fourth-order valence-corrected chi connectivity index (χ4v) is 5.26. The number of nitrogens with zero attached hydrogens (tertiary/aromatic N) is 2. The summed E-state index contributed by atoms with van der Waals surface area (Å²) in [5.41, 5.74) is 1.81. The van der Waals surface area contributed by atoms with Gasteiger partial charge in [-0.25, -0.2) is 4.90 Å². The zero-order valence-corrected chi connectivity index (χ0v) is 17.5. The first-order valence-corrected chi connectivity index (χ1v) is 10.2. The summed E-state index contributed by atoms with van der Waals surface area (Å²) in [6, 6.07) is 13.8. The number of anilines is 1. The minimum atomic E-state index is -0.619. The van der Waals surface area contributed by atoms with Crippen LogP contribution in [0.1, 0.15) is 44.0 Å². The van der Waals surface area contributed by atoms with E-state index in [2.05, 4.69) is 0 Å². The summed E-state index contributed by atoms with van der Waals surface area (Å²) in [5, 5.41) is 0. The minimum Gasteiger partial charge on any atom is -0.497 e. The van der Waals surface area contributed by atoms with Gasteiger partial charge in [-0.05, 0) is 35.4 Å². The molecular weight excluding hydrogens is 380 g/mol. The van der Waals surface area contributed by atoms with E-state index in [0.29, 0.717) is 11.4 Å². The molecule has 30 heavy (non-hydrogen) atoms. The highest BCUT2D eigenvalue weighted by molar-refractivity contribution is 6.23. The van der Waals surface area contributed by atoms with Crippen molar-refractivity contribution in [2.75, 3.05) is 12.0 Å². The third kappa shape index (κ3) is 2.33. The second-order valence-electron chi connectivity index (χ2n) is 9.25. The van der Waals surface area contributed by atoms with Gasteiger partial charge in [0.05, 0.1) is 36.7 Å². The Labute approximate surface area is 175 Å². The summed E-state index contributed by atoms with van der Waals surface area (Å²) < 4.78 is 5.39. The van der Waals surface area contributed by atoms with Gasteiger partial charge in [-0.2, -0.15) is 0 Å². The van der Waals surface area contributed by atoms with Crippen molar-refractivity contribution in [1.82, 2.24) is 4.90 Å². The molecule has 2 aromatic carbocycles. The molecule has 6 heteroatoms. The lowest BCUT2D eigenvalue weighted by Crippen LogP contribution is -2.42. The molecule has 0 radical (unpaired) electrons. The lowest BCUT2D eigenvalue weighted by Gasteiger charge is -2.32. The number of imide groups is 1. The zero-order valence-electron chi connectivity index (χ0n) is 17.5. The van der Waals surface area contributed by atoms with Crippen molar-refractivity contribution in [2.45, 2.75) is 32.9 Å². The monoisotopic (exact) mass is 404 g/mol. The van der Waals surface area contributed by atoms with Crippen molar-refractivity contribution in [3.8, 4) is 5.75 Å². The molecule has 154 valence electrons. The molecule has 2 saturated heterocycles. The summed E-state index contributed by atoms with van der Waals surface area (Å²) in [4.78, 5) is 43.5. The van der Waals surface area contributed by atoms with Crippen molar-refractivity contribution < 1.29 is 19.1 Å². The van der Waals surface area contributed by atoms with Crippen molar-refractivity contribution in [2.24, 2.45) is 17.3 Å². The Bertz CT molecular complexity index is 1070.